The van der Waals surface area contributed by atoms with Crippen LogP contribution in [0.2, 0.25) is 10.0 Å². The van der Waals surface area contributed by atoms with Crippen LogP contribution in [0.15, 0.2) is 35.5 Å². The predicted molar refractivity (Wildman–Crippen MR) is 132 cm³/mol. The third-order valence-corrected chi connectivity index (χ3v) is 7.81. The molecule has 0 aromatic heterocycles. The van der Waals surface area contributed by atoms with E-state index < -0.39 is 33.9 Å². The molecule has 0 radical (unpaired) electrons. The number of ether oxygens (including phenoxy) is 3. The smallest absolute Gasteiger partial charge is 0.288 e. The van der Waals surface area contributed by atoms with Gasteiger partial charge in [0.2, 0.25) is 23.1 Å². The van der Waals surface area contributed by atoms with E-state index in [1.165, 1.54) is 38.5 Å². The number of allylic oxidation sites excluding steroid dienone is 1. The van der Waals surface area contributed by atoms with Gasteiger partial charge < -0.3 is 19.5 Å². The van der Waals surface area contributed by atoms with Crippen LogP contribution < -0.4 is 19.5 Å². The molecule has 192 valence electrons. The highest BCUT2D eigenvalue weighted by Gasteiger charge is 2.63. The van der Waals surface area contributed by atoms with Crippen LogP contribution in [-0.4, -0.2) is 42.2 Å². The maximum absolute atomic E-state index is 14.3. The first-order chi connectivity index (χ1) is 17.5. The van der Waals surface area contributed by atoms with E-state index in [-0.39, 0.29) is 62.9 Å². The number of benzene rings is 2. The van der Waals surface area contributed by atoms with Crippen LogP contribution in [0.5, 0.6) is 17.2 Å². The van der Waals surface area contributed by atoms with Crippen molar-refractivity contribution < 1.29 is 33.5 Å². The Balaban J connectivity index is 1.67. The fourth-order valence-electron chi connectivity index (χ4n) is 5.36. The Hall–Kier alpha value is -3.63. The zero-order valence-electron chi connectivity index (χ0n) is 19.8. The molecule has 0 saturated carbocycles. The van der Waals surface area contributed by atoms with Crippen molar-refractivity contribution in [3.63, 3.8) is 0 Å². The van der Waals surface area contributed by atoms with E-state index in [0.29, 0.717) is 11.3 Å². The number of carbonyl (C=O) groups excluding carboxylic acids is 3. The molecule has 0 bridgehead atoms. The number of methoxy groups -OCH3 is 2. The summed E-state index contributed by atoms with van der Waals surface area (Å²) >= 11 is 12.5. The summed E-state index contributed by atoms with van der Waals surface area (Å²) in [5.74, 6) is -2.85. The third-order valence-electron chi connectivity index (χ3n) is 7.13. The predicted octanol–water partition coefficient (Wildman–Crippen LogP) is 4.40. The molecule has 1 aliphatic carbocycles. The number of nitrogens with zero attached hydrogens (tertiary/aromatic N) is 1. The number of halogens is 2. The molecule has 10 nitrogen and oxygen atoms in total. The minimum absolute atomic E-state index is 0.0186. The number of hydrogen-bond donors (Lipinski definition) is 1. The Labute approximate surface area is 220 Å². The number of rotatable bonds is 4. The van der Waals surface area contributed by atoms with Crippen LogP contribution in [0.25, 0.3) is 0 Å². The first-order valence-corrected chi connectivity index (χ1v) is 12.0. The largest absolute Gasteiger partial charge is 0.496 e. The molecule has 3 atom stereocenters. The van der Waals surface area contributed by atoms with Gasteiger partial charge in [0.05, 0.1) is 19.1 Å². The molecule has 37 heavy (non-hydrogen) atoms. The molecule has 1 N–H and O–H groups in total. The summed E-state index contributed by atoms with van der Waals surface area (Å²) in [7, 11) is 2.76. The number of ketones is 2. The van der Waals surface area contributed by atoms with Gasteiger partial charge in [0.1, 0.15) is 27.1 Å². The number of fused-ring (bicyclic) bond motifs is 1. The monoisotopic (exact) mass is 546 g/mol. The SMILES string of the molecule is COc1cc(OC)c2c(c1Cl)O[C@@]1(C(=O)C3=C(C[C@H]1C)NC(=O)CC3c1ccc(Cl)c([N+](=O)[O-])c1)C2=O. The molecule has 2 aliphatic heterocycles. The van der Waals surface area contributed by atoms with Crippen molar-refractivity contribution in [1.29, 1.82) is 0 Å². The molecule has 0 saturated heterocycles. The Morgan fingerprint density at radius 2 is 1.78 bits per heavy atom. The highest BCUT2D eigenvalue weighted by atomic mass is 35.5. The zero-order chi connectivity index (χ0) is 26.8. The van der Waals surface area contributed by atoms with Crippen LogP contribution >= 0.6 is 23.2 Å². The van der Waals surface area contributed by atoms with Crippen LogP contribution in [0.3, 0.4) is 0 Å². The van der Waals surface area contributed by atoms with Gasteiger partial charge in [-0.05, 0) is 18.1 Å². The molecule has 2 aromatic rings. The van der Waals surface area contributed by atoms with E-state index in [1.54, 1.807) is 6.92 Å². The summed E-state index contributed by atoms with van der Waals surface area (Å²) in [5, 5.41) is 14.2. The van der Waals surface area contributed by atoms with Crippen molar-refractivity contribution in [2.24, 2.45) is 5.92 Å². The summed E-state index contributed by atoms with van der Waals surface area (Å²) in [6.07, 6.45) is -0.0251. The second-order valence-electron chi connectivity index (χ2n) is 9.07. The quantitative estimate of drug-likeness (QED) is 0.338. The summed E-state index contributed by atoms with van der Waals surface area (Å²) in [4.78, 5) is 51.7. The lowest BCUT2D eigenvalue weighted by molar-refractivity contribution is -0.384. The average molecular weight is 547 g/mol. The Morgan fingerprint density at radius 3 is 2.43 bits per heavy atom. The fourth-order valence-corrected chi connectivity index (χ4v) is 5.81. The zero-order valence-corrected chi connectivity index (χ0v) is 21.4. The van der Waals surface area contributed by atoms with Gasteiger partial charge >= 0.3 is 0 Å². The molecule has 1 amide bonds. The lowest BCUT2D eigenvalue weighted by atomic mass is 9.66. The molecular formula is C25H20Cl2N2O8. The number of Topliss-reactive ketones (excluding diaryl/α,β-unsaturated/α-hetero) is 2. The van der Waals surface area contributed by atoms with E-state index in [2.05, 4.69) is 5.32 Å². The molecule has 2 aromatic carbocycles. The van der Waals surface area contributed by atoms with E-state index >= 15 is 0 Å². The molecule has 12 heteroatoms. The third kappa shape index (κ3) is 3.50. The van der Waals surface area contributed by atoms with Gasteiger partial charge in [0.25, 0.3) is 5.69 Å². The minimum atomic E-state index is -1.97. The summed E-state index contributed by atoms with van der Waals surface area (Å²) < 4.78 is 16.8. The molecule has 1 spiro atoms. The van der Waals surface area contributed by atoms with Crippen LogP contribution in [0.1, 0.15) is 41.6 Å². The molecule has 0 fully saturated rings. The number of nitrogens with one attached hydrogen (secondary N) is 1. The van der Waals surface area contributed by atoms with Crippen LogP contribution in [0, 0.1) is 16.0 Å². The standard InChI is InChI=1S/C25H20Cl2N2O8/c1-10-6-14-19(12(8-18(30)28-14)11-4-5-13(26)15(7-11)29(33)34)23(31)25(10)24(32)20-16(35-2)9-17(36-3)21(27)22(20)37-25/h4-5,7,9-10,12H,6,8H2,1-3H3,(H,28,30)/t10-,12?,25+/m1/s1. The normalized spacial score (nSPS) is 24.4. The minimum Gasteiger partial charge on any atom is -0.496 e. The van der Waals surface area contributed by atoms with Crippen molar-refractivity contribution in [3.8, 4) is 17.2 Å². The van der Waals surface area contributed by atoms with Gasteiger partial charge in [0, 0.05) is 41.7 Å². The van der Waals surface area contributed by atoms with Crippen LogP contribution in [-0.2, 0) is 9.59 Å². The van der Waals surface area contributed by atoms with E-state index in [1.807, 2.05) is 0 Å². The van der Waals surface area contributed by atoms with Crippen molar-refractivity contribution >= 4 is 46.4 Å². The van der Waals surface area contributed by atoms with Crippen molar-refractivity contribution in [1.82, 2.24) is 5.32 Å². The van der Waals surface area contributed by atoms with Crippen LogP contribution in [0.4, 0.5) is 5.69 Å². The number of carbonyl (C=O) groups is 3. The topological polar surface area (TPSA) is 134 Å². The van der Waals surface area contributed by atoms with E-state index in [9.17, 15) is 24.5 Å². The maximum atomic E-state index is 14.3. The lowest BCUT2D eigenvalue weighted by Gasteiger charge is -2.41. The van der Waals surface area contributed by atoms with Gasteiger partial charge in [-0.3, -0.25) is 24.5 Å². The van der Waals surface area contributed by atoms with Gasteiger partial charge in [-0.15, -0.1) is 0 Å². The number of nitro benzene ring substituents is 1. The Morgan fingerprint density at radius 1 is 1.08 bits per heavy atom. The highest BCUT2D eigenvalue weighted by molar-refractivity contribution is 6.36. The number of hydrogen-bond acceptors (Lipinski definition) is 8. The molecule has 3 aliphatic rings. The summed E-state index contributed by atoms with van der Waals surface area (Å²) in [6, 6.07) is 5.56. The van der Waals surface area contributed by atoms with Gasteiger partial charge in [0.15, 0.2) is 5.75 Å². The first kappa shape index (κ1) is 25.0. The Bertz CT molecular complexity index is 1450. The van der Waals surface area contributed by atoms with Gasteiger partial charge in [-0.25, -0.2) is 0 Å². The van der Waals surface area contributed by atoms with Crippen molar-refractivity contribution in [3.05, 3.63) is 66.8 Å². The van der Waals surface area contributed by atoms with Crippen molar-refractivity contribution in [2.75, 3.05) is 14.2 Å². The molecular weight excluding hydrogens is 527 g/mol. The second kappa shape index (κ2) is 8.74. The second-order valence-corrected chi connectivity index (χ2v) is 9.85. The number of nitro groups is 1. The van der Waals surface area contributed by atoms with E-state index in [4.69, 9.17) is 37.4 Å². The number of amides is 1. The summed E-state index contributed by atoms with van der Waals surface area (Å²) in [6.45, 7) is 1.67. The van der Waals surface area contributed by atoms with Crippen molar-refractivity contribution in [2.45, 2.75) is 31.3 Å². The Kier molecular flexibility index (Phi) is 5.91. The average Bonchev–Trinajstić information content (AvgIpc) is 3.17. The van der Waals surface area contributed by atoms with E-state index in [0.717, 1.165) is 0 Å². The maximum Gasteiger partial charge on any atom is 0.288 e. The van der Waals surface area contributed by atoms with Gasteiger partial charge in [-0.2, -0.15) is 0 Å². The summed E-state index contributed by atoms with van der Waals surface area (Å²) in [5.41, 5.74) is -1.46. The first-order valence-electron chi connectivity index (χ1n) is 11.2. The molecule has 5 rings (SSSR count). The fraction of sp³-hybridized carbons (Fsp3) is 0.320. The van der Waals surface area contributed by atoms with Gasteiger partial charge in [-0.1, -0.05) is 36.2 Å². The lowest BCUT2D eigenvalue weighted by Crippen LogP contribution is -2.59. The molecule has 1 unspecified atom stereocenters. The highest BCUT2D eigenvalue weighted by Crippen LogP contribution is 2.55. The molecule has 2 heterocycles.